The van der Waals surface area contributed by atoms with Crippen molar-refractivity contribution in [2.45, 2.75) is 52.9 Å². The summed E-state index contributed by atoms with van der Waals surface area (Å²) in [7, 11) is 0. The van der Waals surface area contributed by atoms with Crippen LogP contribution in [0, 0.1) is 5.82 Å². The lowest BCUT2D eigenvalue weighted by Crippen LogP contribution is -2.54. The van der Waals surface area contributed by atoms with E-state index in [-0.39, 0.29) is 5.56 Å². The third-order valence-electron chi connectivity index (χ3n) is 2.96. The summed E-state index contributed by atoms with van der Waals surface area (Å²) < 4.78 is 23.3. The second kappa shape index (κ2) is 9.00. The molecule has 0 saturated heterocycles. The Balaban J connectivity index is 3.01. The minimum atomic E-state index is -1.13. The lowest BCUT2D eigenvalue weighted by atomic mass is 10.1. The van der Waals surface area contributed by atoms with E-state index >= 15 is 0 Å². The topological polar surface area (TPSA) is 84.9 Å². The molecule has 0 aliphatic carbocycles. The number of halogens is 1. The molecule has 0 aliphatic rings. The molecule has 0 fully saturated rings. The Morgan fingerprint density at radius 2 is 1.64 bits per heavy atom. The van der Waals surface area contributed by atoms with Crippen LogP contribution in [0.3, 0.4) is 0 Å². The Bertz CT molecular complexity index is 633. The first-order valence-electron chi connectivity index (χ1n) is 7.88. The molecule has 1 atom stereocenters. The first kappa shape index (κ1) is 20.4. The molecule has 1 rings (SSSR count). The lowest BCUT2D eigenvalue weighted by Gasteiger charge is -2.28. The normalized spacial score (nSPS) is 11.8. The number of hydrazine groups is 1. The predicted octanol–water partition coefficient (Wildman–Crippen LogP) is 3.29. The highest BCUT2D eigenvalue weighted by Gasteiger charge is 2.31. The van der Waals surface area contributed by atoms with Crippen molar-refractivity contribution < 1.29 is 28.2 Å². The Hall–Kier alpha value is -2.64. The van der Waals surface area contributed by atoms with Crippen LogP contribution in [0.15, 0.2) is 24.3 Å². The second-order valence-electron chi connectivity index (χ2n) is 5.92. The number of hydrogen-bond donors (Lipinski definition) is 1. The summed E-state index contributed by atoms with van der Waals surface area (Å²) in [5.74, 6) is -1.15. The molecule has 0 heterocycles. The molecule has 1 aromatic carbocycles. The van der Waals surface area contributed by atoms with Crippen molar-refractivity contribution >= 4 is 18.0 Å². The van der Waals surface area contributed by atoms with Crippen LogP contribution in [-0.2, 0) is 9.47 Å². The number of nitrogens with one attached hydrogen (secondary N) is 1. The average Bonchev–Trinajstić information content (AvgIpc) is 2.49. The smallest absolute Gasteiger partial charge is 0.429 e. The van der Waals surface area contributed by atoms with Gasteiger partial charge in [0.15, 0.2) is 5.78 Å². The summed E-state index contributed by atoms with van der Waals surface area (Å²) >= 11 is 0. The van der Waals surface area contributed by atoms with Crippen LogP contribution in [0.4, 0.5) is 14.0 Å². The zero-order valence-corrected chi connectivity index (χ0v) is 14.9. The van der Waals surface area contributed by atoms with E-state index in [9.17, 15) is 18.8 Å². The average molecular weight is 354 g/mol. The van der Waals surface area contributed by atoms with Gasteiger partial charge in [0.1, 0.15) is 11.9 Å². The molecule has 7 nitrogen and oxygen atoms in total. The van der Waals surface area contributed by atoms with Crippen LogP contribution in [0.5, 0.6) is 0 Å². The monoisotopic (exact) mass is 354 g/mol. The van der Waals surface area contributed by atoms with Gasteiger partial charge in [-0.15, -0.1) is 0 Å². The lowest BCUT2D eigenvalue weighted by molar-refractivity contribution is 0.0326. The number of amides is 2. The molecule has 1 aromatic rings. The molecule has 2 amide bonds. The van der Waals surface area contributed by atoms with E-state index in [1.165, 1.54) is 25.1 Å². The van der Waals surface area contributed by atoms with E-state index < -0.39 is 42.0 Å². The van der Waals surface area contributed by atoms with Gasteiger partial charge in [-0.3, -0.25) is 4.79 Å². The number of rotatable bonds is 5. The van der Waals surface area contributed by atoms with Crippen molar-refractivity contribution in [3.63, 3.8) is 0 Å². The van der Waals surface area contributed by atoms with E-state index in [1.807, 2.05) is 0 Å². The van der Waals surface area contributed by atoms with Crippen LogP contribution in [0.25, 0.3) is 0 Å². The number of hydrogen-bond acceptors (Lipinski definition) is 5. The molecular formula is C17H23FN2O5. The molecule has 138 valence electrons. The minimum Gasteiger partial charge on any atom is -0.446 e. The van der Waals surface area contributed by atoms with Crippen LogP contribution in [-0.4, -0.2) is 41.2 Å². The molecule has 0 aromatic heterocycles. The summed E-state index contributed by atoms with van der Waals surface area (Å²) in [6, 6.07) is 3.92. The van der Waals surface area contributed by atoms with Gasteiger partial charge in [0, 0.05) is 5.56 Å². The van der Waals surface area contributed by atoms with Crippen molar-refractivity contribution in [2.24, 2.45) is 0 Å². The van der Waals surface area contributed by atoms with Crippen molar-refractivity contribution in [1.29, 1.82) is 0 Å². The van der Waals surface area contributed by atoms with E-state index in [1.54, 1.807) is 27.7 Å². The first-order chi connectivity index (χ1) is 11.6. The van der Waals surface area contributed by atoms with Gasteiger partial charge in [-0.2, -0.15) is 0 Å². The first-order valence-corrected chi connectivity index (χ1v) is 7.88. The SMILES string of the molecule is CC(C)OC(=O)NN(C(=O)OC(C)C)[C@@H](C)C(=O)c1cccc(F)c1. The van der Waals surface area contributed by atoms with E-state index in [4.69, 9.17) is 9.47 Å². The number of benzene rings is 1. The second-order valence-corrected chi connectivity index (χ2v) is 5.92. The van der Waals surface area contributed by atoms with E-state index in [0.29, 0.717) is 0 Å². The summed E-state index contributed by atoms with van der Waals surface area (Å²) in [5, 5.41) is 0.734. The molecule has 0 aliphatic heterocycles. The summed E-state index contributed by atoms with van der Waals surface area (Å²) in [6.07, 6.45) is -2.71. The molecule has 0 radical (unpaired) electrons. The van der Waals surface area contributed by atoms with Crippen molar-refractivity contribution in [1.82, 2.24) is 10.4 Å². The van der Waals surface area contributed by atoms with E-state index in [0.717, 1.165) is 11.1 Å². The van der Waals surface area contributed by atoms with Crippen molar-refractivity contribution in [3.8, 4) is 0 Å². The number of Topliss-reactive ketones (excluding diaryl/α,β-unsaturated/α-hetero) is 1. The molecule has 0 bridgehead atoms. The summed E-state index contributed by atoms with van der Waals surface area (Å²) in [4.78, 5) is 36.6. The number of nitrogens with zero attached hydrogens (tertiary/aromatic N) is 1. The van der Waals surface area contributed by atoms with E-state index in [2.05, 4.69) is 5.43 Å². The van der Waals surface area contributed by atoms with Gasteiger partial charge in [-0.1, -0.05) is 12.1 Å². The number of ether oxygens (including phenoxy) is 2. The maximum absolute atomic E-state index is 13.3. The highest BCUT2D eigenvalue weighted by molar-refractivity contribution is 6.01. The highest BCUT2D eigenvalue weighted by Crippen LogP contribution is 2.12. The maximum Gasteiger partial charge on any atom is 0.429 e. The summed E-state index contributed by atoms with van der Waals surface area (Å²) in [5.41, 5.74) is 2.27. The van der Waals surface area contributed by atoms with Gasteiger partial charge in [-0.05, 0) is 46.8 Å². The molecular weight excluding hydrogens is 331 g/mol. The fraction of sp³-hybridized carbons (Fsp3) is 0.471. The largest absolute Gasteiger partial charge is 0.446 e. The van der Waals surface area contributed by atoms with Gasteiger partial charge < -0.3 is 9.47 Å². The predicted molar refractivity (Wildman–Crippen MR) is 88.4 cm³/mol. The van der Waals surface area contributed by atoms with Gasteiger partial charge in [0.25, 0.3) is 0 Å². The summed E-state index contributed by atoms with van der Waals surface area (Å²) in [6.45, 7) is 7.92. The number of ketones is 1. The molecule has 0 unspecified atom stereocenters. The van der Waals surface area contributed by atoms with Crippen LogP contribution >= 0.6 is 0 Å². The van der Waals surface area contributed by atoms with Crippen LogP contribution < -0.4 is 5.43 Å². The van der Waals surface area contributed by atoms with Gasteiger partial charge in [0.2, 0.25) is 0 Å². The highest BCUT2D eigenvalue weighted by atomic mass is 19.1. The Kier molecular flexibility index (Phi) is 7.35. The van der Waals surface area contributed by atoms with Gasteiger partial charge in [0.05, 0.1) is 12.2 Å². The Labute approximate surface area is 146 Å². The molecule has 1 N–H and O–H groups in total. The standard InChI is InChI=1S/C17H23FN2O5/c1-10(2)24-16(22)19-20(17(23)25-11(3)4)12(5)15(21)13-7-6-8-14(18)9-13/h6-12H,1-5H3,(H,19,22)/t12-/m0/s1. The van der Waals surface area contributed by atoms with Gasteiger partial charge in [-0.25, -0.2) is 24.4 Å². The quantitative estimate of drug-likeness (QED) is 0.648. The molecule has 0 spiro atoms. The minimum absolute atomic E-state index is 0.0638. The fourth-order valence-electron chi connectivity index (χ4n) is 1.90. The molecule has 8 heteroatoms. The molecule has 25 heavy (non-hydrogen) atoms. The third-order valence-corrected chi connectivity index (χ3v) is 2.96. The number of carbonyl (C=O) groups is 3. The fourth-order valence-corrected chi connectivity index (χ4v) is 1.90. The zero-order chi connectivity index (χ0) is 19.1. The van der Waals surface area contributed by atoms with Crippen LogP contribution in [0.1, 0.15) is 45.0 Å². The molecule has 0 saturated carbocycles. The van der Waals surface area contributed by atoms with Gasteiger partial charge >= 0.3 is 12.2 Å². The van der Waals surface area contributed by atoms with Crippen molar-refractivity contribution in [2.75, 3.05) is 0 Å². The maximum atomic E-state index is 13.3. The van der Waals surface area contributed by atoms with Crippen molar-refractivity contribution in [3.05, 3.63) is 35.6 Å². The number of carbonyl (C=O) groups excluding carboxylic acids is 3. The Morgan fingerprint density at radius 3 is 2.16 bits per heavy atom. The van der Waals surface area contributed by atoms with Crippen LogP contribution in [0.2, 0.25) is 0 Å². The Morgan fingerprint density at radius 1 is 1.04 bits per heavy atom. The third kappa shape index (κ3) is 6.40. The zero-order valence-electron chi connectivity index (χ0n) is 14.9.